The van der Waals surface area contributed by atoms with Gasteiger partial charge in [-0.25, -0.2) is 0 Å². The van der Waals surface area contributed by atoms with Crippen LogP contribution in [0.25, 0.3) is 5.65 Å². The minimum absolute atomic E-state index is 0.0940. The Labute approximate surface area is 140 Å². The van der Waals surface area contributed by atoms with Crippen LogP contribution in [0.5, 0.6) is 0 Å². The van der Waals surface area contributed by atoms with E-state index >= 15 is 0 Å². The summed E-state index contributed by atoms with van der Waals surface area (Å²) in [5, 5.41) is 21.9. The van der Waals surface area contributed by atoms with Gasteiger partial charge >= 0.3 is 6.18 Å². The molecule has 25 heavy (non-hydrogen) atoms. The normalized spacial score (nSPS) is 15.1. The predicted molar refractivity (Wildman–Crippen MR) is 80.9 cm³/mol. The van der Waals surface area contributed by atoms with Crippen LogP contribution in [0.3, 0.4) is 0 Å². The maximum atomic E-state index is 13.1. The first-order valence-corrected chi connectivity index (χ1v) is 7.78. The van der Waals surface area contributed by atoms with Gasteiger partial charge in [-0.1, -0.05) is 0 Å². The maximum Gasteiger partial charge on any atom is 0.453 e. The third-order valence-electron chi connectivity index (χ3n) is 4.35. The Hall–Kier alpha value is -2.72. The first-order chi connectivity index (χ1) is 11.9. The lowest BCUT2D eigenvalue weighted by atomic mass is 10.2. The molecule has 0 bridgehead atoms. The summed E-state index contributed by atoms with van der Waals surface area (Å²) in [7, 11) is 0. The van der Waals surface area contributed by atoms with Gasteiger partial charge in [0, 0.05) is 11.6 Å². The summed E-state index contributed by atoms with van der Waals surface area (Å²) in [6, 6.07) is 0.416. The van der Waals surface area contributed by atoms with Crippen molar-refractivity contribution in [1.29, 1.82) is 0 Å². The number of halogens is 3. The Bertz CT molecular complexity index is 938. The van der Waals surface area contributed by atoms with E-state index in [1.807, 2.05) is 4.57 Å². The number of nitrogens with one attached hydrogen (secondary N) is 1. The molecule has 1 N–H and O–H groups in total. The van der Waals surface area contributed by atoms with Gasteiger partial charge < -0.3 is 9.88 Å². The number of anilines is 1. The van der Waals surface area contributed by atoms with Gasteiger partial charge in [-0.3, -0.25) is 0 Å². The number of nitrogens with zero attached hydrogens (tertiary/aromatic N) is 7. The zero-order valence-electron chi connectivity index (χ0n) is 13.5. The molecule has 8 nitrogen and oxygen atoms in total. The fourth-order valence-corrected chi connectivity index (χ4v) is 2.69. The maximum absolute atomic E-state index is 13.1. The second-order valence-corrected chi connectivity index (χ2v) is 6.09. The average Bonchev–Trinajstić information content (AvgIpc) is 3.12. The number of hydrogen-bond acceptors (Lipinski definition) is 6. The quantitative estimate of drug-likeness (QED) is 0.775. The molecule has 0 unspecified atom stereocenters. The van der Waals surface area contributed by atoms with Crippen molar-refractivity contribution in [1.82, 2.24) is 34.6 Å². The monoisotopic (exact) mass is 352 g/mol. The Morgan fingerprint density at radius 2 is 1.92 bits per heavy atom. The van der Waals surface area contributed by atoms with Crippen molar-refractivity contribution >= 4 is 11.5 Å². The SMILES string of the molecule is Cc1c(NCc2nncn2C2CC2)nn2c(C(F)(F)F)nnc2c1C. The third kappa shape index (κ3) is 2.68. The molecule has 0 radical (unpaired) electrons. The van der Waals surface area contributed by atoms with E-state index in [-0.39, 0.29) is 5.65 Å². The van der Waals surface area contributed by atoms with E-state index in [2.05, 4.69) is 30.8 Å². The molecule has 0 atom stereocenters. The summed E-state index contributed by atoms with van der Waals surface area (Å²) in [4.78, 5) is 0. The number of hydrogen-bond donors (Lipinski definition) is 1. The zero-order chi connectivity index (χ0) is 17.8. The first-order valence-electron chi connectivity index (χ1n) is 7.78. The molecule has 3 heterocycles. The lowest BCUT2D eigenvalue weighted by Crippen LogP contribution is -2.16. The third-order valence-corrected chi connectivity index (χ3v) is 4.35. The van der Waals surface area contributed by atoms with Crippen LogP contribution in [0.15, 0.2) is 6.33 Å². The van der Waals surface area contributed by atoms with Crippen molar-refractivity contribution in [2.24, 2.45) is 0 Å². The number of rotatable bonds is 4. The van der Waals surface area contributed by atoms with Crippen molar-refractivity contribution in [3.63, 3.8) is 0 Å². The molecule has 3 aromatic heterocycles. The van der Waals surface area contributed by atoms with Crippen molar-refractivity contribution in [3.05, 3.63) is 29.1 Å². The summed E-state index contributed by atoms with van der Waals surface area (Å²) >= 11 is 0. The number of aryl methyl sites for hydroxylation is 1. The Morgan fingerprint density at radius 3 is 2.60 bits per heavy atom. The first kappa shape index (κ1) is 15.8. The van der Waals surface area contributed by atoms with E-state index in [1.165, 1.54) is 0 Å². The molecule has 11 heteroatoms. The molecule has 1 aliphatic carbocycles. The molecule has 0 aromatic carbocycles. The fraction of sp³-hybridized carbons (Fsp3) is 0.500. The highest BCUT2D eigenvalue weighted by Gasteiger charge is 2.38. The standard InChI is InChI=1S/C14H15F3N8/c1-7-8(2)12-21-22-13(14(15,16)17)25(12)23-11(7)18-5-10-20-19-6-24(10)9-3-4-9/h6,9H,3-5H2,1-2H3,(H,18,23). The second kappa shape index (κ2) is 5.39. The van der Waals surface area contributed by atoms with E-state index in [0.29, 0.717) is 29.5 Å². The molecular formula is C14H15F3N8. The van der Waals surface area contributed by atoms with Crippen LogP contribution < -0.4 is 5.32 Å². The number of aromatic nitrogens is 7. The van der Waals surface area contributed by atoms with Crippen LogP contribution in [0.2, 0.25) is 0 Å². The predicted octanol–water partition coefficient (Wildman–Crippen LogP) is 2.30. The van der Waals surface area contributed by atoms with E-state index in [9.17, 15) is 13.2 Å². The molecule has 132 valence electrons. The minimum atomic E-state index is -4.63. The van der Waals surface area contributed by atoms with Crippen LogP contribution in [-0.4, -0.2) is 34.6 Å². The van der Waals surface area contributed by atoms with Crippen molar-refractivity contribution in [2.75, 3.05) is 5.32 Å². The second-order valence-electron chi connectivity index (χ2n) is 6.09. The summed E-state index contributed by atoms with van der Waals surface area (Å²) in [5.41, 5.74) is 1.40. The molecule has 0 spiro atoms. The van der Waals surface area contributed by atoms with Crippen molar-refractivity contribution in [3.8, 4) is 0 Å². The summed E-state index contributed by atoms with van der Waals surface area (Å²) in [5.74, 6) is -0.0864. The molecular weight excluding hydrogens is 337 g/mol. The van der Waals surface area contributed by atoms with Crippen LogP contribution in [0, 0.1) is 13.8 Å². The van der Waals surface area contributed by atoms with E-state index in [1.54, 1.807) is 20.2 Å². The minimum Gasteiger partial charge on any atom is -0.361 e. The summed E-state index contributed by atoms with van der Waals surface area (Å²) in [6.07, 6.45) is -0.783. The zero-order valence-corrected chi connectivity index (χ0v) is 13.5. The van der Waals surface area contributed by atoms with Gasteiger partial charge in [0.2, 0.25) is 0 Å². The number of alkyl halides is 3. The average molecular weight is 352 g/mol. The van der Waals surface area contributed by atoms with Crippen molar-refractivity contribution in [2.45, 2.75) is 45.5 Å². The molecule has 0 amide bonds. The fourth-order valence-electron chi connectivity index (χ4n) is 2.69. The van der Waals surface area contributed by atoms with Crippen LogP contribution in [0.1, 0.15) is 41.7 Å². The van der Waals surface area contributed by atoms with E-state index in [0.717, 1.165) is 23.2 Å². The van der Waals surface area contributed by atoms with Gasteiger partial charge in [-0.2, -0.15) is 17.7 Å². The van der Waals surface area contributed by atoms with Gasteiger partial charge in [0.1, 0.15) is 6.33 Å². The summed E-state index contributed by atoms with van der Waals surface area (Å²) in [6.45, 7) is 3.79. The van der Waals surface area contributed by atoms with E-state index < -0.39 is 12.0 Å². The highest BCUT2D eigenvalue weighted by atomic mass is 19.4. The topological polar surface area (TPSA) is 85.8 Å². The highest BCUT2D eigenvalue weighted by molar-refractivity contribution is 5.58. The Balaban J connectivity index is 1.69. The molecule has 3 aromatic rings. The van der Waals surface area contributed by atoms with Gasteiger partial charge in [0.25, 0.3) is 5.82 Å². The molecule has 0 aliphatic heterocycles. The molecule has 4 rings (SSSR count). The van der Waals surface area contributed by atoms with Gasteiger partial charge in [0.15, 0.2) is 17.3 Å². The smallest absolute Gasteiger partial charge is 0.361 e. The number of fused-ring (bicyclic) bond motifs is 1. The Morgan fingerprint density at radius 1 is 1.16 bits per heavy atom. The lowest BCUT2D eigenvalue weighted by molar-refractivity contribution is -0.146. The van der Waals surface area contributed by atoms with Gasteiger partial charge in [-0.05, 0) is 32.3 Å². The molecule has 1 fully saturated rings. The van der Waals surface area contributed by atoms with Crippen LogP contribution in [-0.2, 0) is 12.7 Å². The highest BCUT2D eigenvalue weighted by Crippen LogP contribution is 2.35. The molecule has 1 aliphatic rings. The van der Waals surface area contributed by atoms with Crippen molar-refractivity contribution < 1.29 is 13.2 Å². The molecule has 0 saturated heterocycles. The van der Waals surface area contributed by atoms with Crippen LogP contribution >= 0.6 is 0 Å². The van der Waals surface area contributed by atoms with Gasteiger partial charge in [0.05, 0.1) is 6.54 Å². The molecule has 1 saturated carbocycles. The lowest BCUT2D eigenvalue weighted by Gasteiger charge is -2.12. The Kier molecular flexibility index (Phi) is 3.41. The van der Waals surface area contributed by atoms with Crippen LogP contribution in [0.4, 0.5) is 19.0 Å². The van der Waals surface area contributed by atoms with E-state index in [4.69, 9.17) is 0 Å². The largest absolute Gasteiger partial charge is 0.453 e. The van der Waals surface area contributed by atoms with Gasteiger partial charge in [-0.15, -0.1) is 25.5 Å². The summed E-state index contributed by atoms with van der Waals surface area (Å²) < 4.78 is 41.9.